The molecule has 0 aliphatic carbocycles. The number of aromatic nitrogens is 1. The van der Waals surface area contributed by atoms with Crippen molar-refractivity contribution in [1.29, 1.82) is 0 Å². The molecule has 4 heteroatoms. The van der Waals surface area contributed by atoms with Gasteiger partial charge in [-0.25, -0.2) is 4.98 Å². The molecule has 114 valence electrons. The maximum atomic E-state index is 6.12. The van der Waals surface area contributed by atoms with Crippen LogP contribution in [0.2, 0.25) is 5.02 Å². The first-order chi connectivity index (χ1) is 9.90. The van der Waals surface area contributed by atoms with Gasteiger partial charge in [-0.15, -0.1) is 11.3 Å². The highest BCUT2D eigenvalue weighted by Crippen LogP contribution is 2.28. The van der Waals surface area contributed by atoms with Crippen LogP contribution in [0.5, 0.6) is 0 Å². The minimum atomic E-state index is 0.114. The van der Waals surface area contributed by atoms with Crippen molar-refractivity contribution >= 4 is 22.9 Å². The Morgan fingerprint density at radius 1 is 1.33 bits per heavy atom. The van der Waals surface area contributed by atoms with Gasteiger partial charge in [-0.2, -0.15) is 0 Å². The predicted molar refractivity (Wildman–Crippen MR) is 92.6 cm³/mol. The summed E-state index contributed by atoms with van der Waals surface area (Å²) in [5.74, 6) is 0.396. The molecule has 0 aliphatic rings. The summed E-state index contributed by atoms with van der Waals surface area (Å²) < 4.78 is 0. The lowest BCUT2D eigenvalue weighted by Crippen LogP contribution is -2.19. The lowest BCUT2D eigenvalue weighted by atomic mass is 9.93. The topological polar surface area (TPSA) is 24.9 Å². The summed E-state index contributed by atoms with van der Waals surface area (Å²) in [6.45, 7) is 7.53. The molecular weight excluding hydrogens is 300 g/mol. The molecule has 0 bridgehead atoms. The van der Waals surface area contributed by atoms with Gasteiger partial charge in [0.15, 0.2) is 0 Å². The number of benzene rings is 1. The largest absolute Gasteiger partial charge is 0.319 e. The van der Waals surface area contributed by atoms with Crippen LogP contribution < -0.4 is 5.32 Å². The number of hydrogen-bond donors (Lipinski definition) is 1. The zero-order valence-corrected chi connectivity index (χ0v) is 14.7. The van der Waals surface area contributed by atoms with E-state index < -0.39 is 0 Å². The molecule has 2 nitrogen and oxygen atoms in total. The van der Waals surface area contributed by atoms with Crippen LogP contribution in [0.4, 0.5) is 0 Å². The number of nitrogens with zero attached hydrogens (tertiary/aromatic N) is 1. The van der Waals surface area contributed by atoms with Crippen molar-refractivity contribution in [3.05, 3.63) is 50.9 Å². The van der Waals surface area contributed by atoms with E-state index in [9.17, 15) is 0 Å². The smallest absolute Gasteiger partial charge is 0.0935 e. The third-order valence-electron chi connectivity index (χ3n) is 3.51. The molecule has 2 aromatic rings. The van der Waals surface area contributed by atoms with Gasteiger partial charge in [0.25, 0.3) is 0 Å². The van der Waals surface area contributed by atoms with Gasteiger partial charge in [0, 0.05) is 34.7 Å². The van der Waals surface area contributed by atoms with Crippen LogP contribution in [-0.4, -0.2) is 18.6 Å². The van der Waals surface area contributed by atoms with E-state index in [0.29, 0.717) is 5.92 Å². The Balaban J connectivity index is 2.18. The van der Waals surface area contributed by atoms with E-state index in [1.165, 1.54) is 16.3 Å². The Labute approximate surface area is 136 Å². The average molecular weight is 323 g/mol. The van der Waals surface area contributed by atoms with Gasteiger partial charge in [0.1, 0.15) is 0 Å². The van der Waals surface area contributed by atoms with Gasteiger partial charge in [-0.3, -0.25) is 0 Å². The molecule has 1 unspecified atom stereocenters. The Hall–Kier alpha value is -0.900. The van der Waals surface area contributed by atoms with Gasteiger partial charge in [-0.1, -0.05) is 44.5 Å². The fraction of sp³-hybridized carbons (Fsp3) is 0.471. The average Bonchev–Trinajstić information content (AvgIpc) is 2.87. The molecule has 0 fully saturated rings. The number of halogens is 1. The van der Waals surface area contributed by atoms with Crippen molar-refractivity contribution in [2.45, 2.75) is 38.5 Å². The normalized spacial score (nSPS) is 13.4. The lowest BCUT2D eigenvalue weighted by molar-refractivity contribution is 0.566. The highest BCUT2D eigenvalue weighted by molar-refractivity contribution is 7.09. The number of rotatable bonds is 5. The Morgan fingerprint density at radius 2 is 2.10 bits per heavy atom. The van der Waals surface area contributed by atoms with Crippen molar-refractivity contribution in [2.75, 3.05) is 13.6 Å². The van der Waals surface area contributed by atoms with E-state index in [2.05, 4.69) is 43.6 Å². The van der Waals surface area contributed by atoms with Crippen molar-refractivity contribution in [3.8, 4) is 0 Å². The molecule has 2 rings (SSSR count). The van der Waals surface area contributed by atoms with Gasteiger partial charge in [0.05, 0.1) is 10.7 Å². The van der Waals surface area contributed by atoms with Gasteiger partial charge in [0.2, 0.25) is 0 Å². The first-order valence-electron chi connectivity index (χ1n) is 7.25. The van der Waals surface area contributed by atoms with Crippen LogP contribution in [0.15, 0.2) is 29.6 Å². The number of hydrogen-bond acceptors (Lipinski definition) is 3. The third kappa shape index (κ3) is 4.53. The second-order valence-corrected chi connectivity index (χ2v) is 7.77. The zero-order chi connectivity index (χ0) is 15.5. The van der Waals surface area contributed by atoms with E-state index in [-0.39, 0.29) is 5.41 Å². The maximum Gasteiger partial charge on any atom is 0.0935 e. The number of nitrogens with one attached hydrogen (secondary N) is 1. The molecular formula is C17H23ClN2S. The summed E-state index contributed by atoms with van der Waals surface area (Å²) in [4.78, 5) is 4.81. The second-order valence-electron chi connectivity index (χ2n) is 6.39. The van der Waals surface area contributed by atoms with Crippen molar-refractivity contribution < 1.29 is 0 Å². The molecule has 1 aromatic heterocycles. The number of likely N-dealkylation sites (N-methyl/N-ethyl adjacent to an activating group) is 1. The molecule has 0 saturated carbocycles. The zero-order valence-electron chi connectivity index (χ0n) is 13.1. The monoisotopic (exact) mass is 322 g/mol. The van der Waals surface area contributed by atoms with Crippen molar-refractivity contribution in [1.82, 2.24) is 10.3 Å². The standard InChI is InChI=1S/C17H23ClN2S/c1-17(2,3)15-11-21-16(20-15)9-13(10-19-4)12-6-5-7-14(18)8-12/h5-8,11,13,19H,9-10H2,1-4H3. The molecule has 0 aliphatic heterocycles. The van der Waals surface area contributed by atoms with Crippen molar-refractivity contribution in [3.63, 3.8) is 0 Å². The summed E-state index contributed by atoms with van der Waals surface area (Å²) in [6, 6.07) is 8.14. The molecule has 0 saturated heterocycles. The fourth-order valence-corrected chi connectivity index (χ4v) is 3.58. The summed E-state index contributed by atoms with van der Waals surface area (Å²) in [7, 11) is 1.99. The predicted octanol–water partition coefficient (Wildman–Crippen LogP) is 4.64. The summed E-state index contributed by atoms with van der Waals surface area (Å²) in [6.07, 6.45) is 0.946. The second kappa shape index (κ2) is 6.91. The van der Waals surface area contributed by atoms with E-state index in [0.717, 1.165) is 18.0 Å². The molecule has 1 heterocycles. The quantitative estimate of drug-likeness (QED) is 0.867. The summed E-state index contributed by atoms with van der Waals surface area (Å²) in [5.41, 5.74) is 2.56. The van der Waals surface area contributed by atoms with Crippen LogP contribution in [-0.2, 0) is 11.8 Å². The van der Waals surface area contributed by atoms with E-state index in [1.54, 1.807) is 11.3 Å². The molecule has 1 aromatic carbocycles. The molecule has 1 N–H and O–H groups in total. The van der Waals surface area contributed by atoms with E-state index in [1.807, 2.05) is 19.2 Å². The lowest BCUT2D eigenvalue weighted by Gasteiger charge is -2.17. The Kier molecular flexibility index (Phi) is 5.42. The summed E-state index contributed by atoms with van der Waals surface area (Å²) in [5, 5.41) is 7.45. The van der Waals surface area contributed by atoms with Gasteiger partial charge < -0.3 is 5.32 Å². The maximum absolute atomic E-state index is 6.12. The first-order valence-corrected chi connectivity index (χ1v) is 8.51. The van der Waals surface area contributed by atoms with Crippen LogP contribution in [0.1, 0.15) is 43.0 Å². The van der Waals surface area contributed by atoms with Crippen molar-refractivity contribution in [2.24, 2.45) is 0 Å². The van der Waals surface area contributed by atoms with Crippen LogP contribution in [0.25, 0.3) is 0 Å². The highest BCUT2D eigenvalue weighted by Gasteiger charge is 2.19. The summed E-state index contributed by atoms with van der Waals surface area (Å²) >= 11 is 7.88. The first kappa shape index (κ1) is 16.5. The van der Waals surface area contributed by atoms with Crippen LogP contribution in [0, 0.1) is 0 Å². The van der Waals surface area contributed by atoms with E-state index >= 15 is 0 Å². The van der Waals surface area contributed by atoms with Gasteiger partial charge in [-0.05, 0) is 24.7 Å². The Morgan fingerprint density at radius 3 is 2.67 bits per heavy atom. The number of thiazole rings is 1. The SMILES string of the molecule is CNCC(Cc1nc(C(C)(C)C)cs1)c1cccc(Cl)c1. The molecule has 1 atom stereocenters. The van der Waals surface area contributed by atoms with Crippen LogP contribution in [0.3, 0.4) is 0 Å². The molecule has 0 amide bonds. The fourth-order valence-electron chi connectivity index (χ4n) is 2.27. The molecule has 0 radical (unpaired) electrons. The highest BCUT2D eigenvalue weighted by atomic mass is 35.5. The Bertz CT molecular complexity index is 586. The van der Waals surface area contributed by atoms with Gasteiger partial charge >= 0.3 is 0 Å². The molecule has 0 spiro atoms. The van der Waals surface area contributed by atoms with Crippen LogP contribution >= 0.6 is 22.9 Å². The van der Waals surface area contributed by atoms with E-state index in [4.69, 9.17) is 16.6 Å². The third-order valence-corrected chi connectivity index (χ3v) is 4.62. The molecule has 21 heavy (non-hydrogen) atoms. The minimum absolute atomic E-state index is 0.114. The minimum Gasteiger partial charge on any atom is -0.319 e.